The predicted octanol–water partition coefficient (Wildman–Crippen LogP) is 2.42. The lowest BCUT2D eigenvalue weighted by Gasteiger charge is -2.20. The Hall–Kier alpha value is -1.10. The van der Waals surface area contributed by atoms with E-state index in [2.05, 4.69) is 20.9 Å². The fourth-order valence-electron chi connectivity index (χ4n) is 1.20. The Bertz CT molecular complexity index is 411. The molecule has 0 amide bonds. The lowest BCUT2D eigenvalue weighted by atomic mass is 9.91. The van der Waals surface area contributed by atoms with Crippen LogP contribution in [0.4, 0.5) is 5.82 Å². The molecule has 0 aliphatic rings. The first-order valence-corrected chi connectivity index (χ1v) is 5.22. The zero-order valence-electron chi connectivity index (χ0n) is 8.84. The summed E-state index contributed by atoms with van der Waals surface area (Å²) in [6, 6.07) is 1.49. The summed E-state index contributed by atoms with van der Waals surface area (Å²) < 4.78 is 0.668. The maximum atomic E-state index is 10.8. The number of nitrogens with zero attached hydrogens (tertiary/aromatic N) is 1. The van der Waals surface area contributed by atoms with E-state index < -0.39 is 5.97 Å². The third-order valence-corrected chi connectivity index (χ3v) is 2.55. The molecular formula is C10H13BrN2O2. The van der Waals surface area contributed by atoms with E-state index in [9.17, 15) is 4.79 Å². The van der Waals surface area contributed by atoms with E-state index in [1.165, 1.54) is 6.07 Å². The number of carboxylic acid groups (broad SMARTS) is 1. The van der Waals surface area contributed by atoms with Gasteiger partial charge in [0.2, 0.25) is 0 Å². The second kappa shape index (κ2) is 3.81. The van der Waals surface area contributed by atoms with Gasteiger partial charge in [-0.3, -0.25) is 0 Å². The Kier molecular flexibility index (Phi) is 3.04. The third-order valence-electron chi connectivity index (χ3n) is 1.95. The molecule has 15 heavy (non-hydrogen) atoms. The van der Waals surface area contributed by atoms with Crippen molar-refractivity contribution in [2.75, 3.05) is 5.73 Å². The van der Waals surface area contributed by atoms with Gasteiger partial charge in [-0.05, 0) is 22.0 Å². The number of hydrogen-bond donors (Lipinski definition) is 2. The number of pyridine rings is 1. The second-order valence-electron chi connectivity index (χ2n) is 4.31. The molecular weight excluding hydrogens is 260 g/mol. The van der Waals surface area contributed by atoms with Gasteiger partial charge >= 0.3 is 5.97 Å². The molecule has 82 valence electrons. The Morgan fingerprint density at radius 1 is 1.53 bits per heavy atom. The van der Waals surface area contributed by atoms with Gasteiger partial charge in [0.25, 0.3) is 0 Å². The summed E-state index contributed by atoms with van der Waals surface area (Å²) in [4.78, 5) is 14.9. The Labute approximate surface area is 96.6 Å². The topological polar surface area (TPSA) is 76.2 Å². The van der Waals surface area contributed by atoms with E-state index >= 15 is 0 Å². The minimum atomic E-state index is -1.07. The van der Waals surface area contributed by atoms with E-state index in [0.717, 1.165) is 5.69 Å². The number of hydrogen-bond acceptors (Lipinski definition) is 3. The number of halogens is 1. The van der Waals surface area contributed by atoms with Crippen molar-refractivity contribution in [3.8, 4) is 0 Å². The highest BCUT2D eigenvalue weighted by atomic mass is 79.9. The van der Waals surface area contributed by atoms with Gasteiger partial charge in [-0.25, -0.2) is 9.78 Å². The molecule has 0 unspecified atom stereocenters. The van der Waals surface area contributed by atoms with E-state index in [1.807, 2.05) is 20.8 Å². The number of carboxylic acids is 1. The van der Waals surface area contributed by atoms with E-state index in [0.29, 0.717) is 4.47 Å². The molecule has 0 fully saturated rings. The molecule has 5 heteroatoms. The molecule has 0 saturated carbocycles. The fourth-order valence-corrected chi connectivity index (χ4v) is 2.11. The van der Waals surface area contributed by atoms with E-state index in [-0.39, 0.29) is 16.8 Å². The molecule has 0 atom stereocenters. The van der Waals surface area contributed by atoms with Crippen LogP contribution in [0, 0.1) is 0 Å². The van der Waals surface area contributed by atoms with Gasteiger partial charge in [0, 0.05) is 9.89 Å². The molecule has 0 aromatic carbocycles. The molecule has 3 N–H and O–H groups in total. The van der Waals surface area contributed by atoms with Crippen LogP contribution in [-0.4, -0.2) is 16.1 Å². The summed E-state index contributed by atoms with van der Waals surface area (Å²) in [6.45, 7) is 5.96. The van der Waals surface area contributed by atoms with E-state index in [4.69, 9.17) is 10.8 Å². The molecule has 0 aliphatic carbocycles. The smallest absolute Gasteiger partial charge is 0.339 e. The summed E-state index contributed by atoms with van der Waals surface area (Å²) in [5.74, 6) is -1.02. The number of aromatic nitrogens is 1. The van der Waals surface area contributed by atoms with Crippen molar-refractivity contribution in [2.24, 2.45) is 0 Å². The maximum Gasteiger partial charge on any atom is 0.339 e. The van der Waals surface area contributed by atoms with Crippen LogP contribution < -0.4 is 5.73 Å². The zero-order valence-corrected chi connectivity index (χ0v) is 10.4. The van der Waals surface area contributed by atoms with Crippen molar-refractivity contribution in [3.05, 3.63) is 21.8 Å². The monoisotopic (exact) mass is 272 g/mol. The van der Waals surface area contributed by atoms with Crippen LogP contribution in [0.2, 0.25) is 0 Å². The van der Waals surface area contributed by atoms with Crippen LogP contribution in [0.25, 0.3) is 0 Å². The molecule has 0 saturated heterocycles. The molecule has 4 nitrogen and oxygen atoms in total. The van der Waals surface area contributed by atoms with Gasteiger partial charge in [-0.2, -0.15) is 0 Å². The van der Waals surface area contributed by atoms with E-state index in [1.54, 1.807) is 0 Å². The van der Waals surface area contributed by atoms with Crippen LogP contribution in [0.1, 0.15) is 36.8 Å². The minimum Gasteiger partial charge on any atom is -0.478 e. The number of nitrogens with two attached hydrogens (primary N) is 1. The highest BCUT2D eigenvalue weighted by Gasteiger charge is 2.22. The minimum absolute atomic E-state index is 0.0230. The second-order valence-corrected chi connectivity index (χ2v) is 5.16. The first kappa shape index (κ1) is 12.0. The van der Waals surface area contributed by atoms with Crippen LogP contribution in [0.15, 0.2) is 10.5 Å². The average Bonchev–Trinajstić information content (AvgIpc) is 2.06. The van der Waals surface area contributed by atoms with Crippen LogP contribution in [-0.2, 0) is 5.41 Å². The normalized spacial score (nSPS) is 11.5. The number of rotatable bonds is 1. The largest absolute Gasteiger partial charge is 0.478 e. The van der Waals surface area contributed by atoms with Crippen molar-refractivity contribution in [3.63, 3.8) is 0 Å². The number of carbonyl (C=O) groups is 1. The summed E-state index contributed by atoms with van der Waals surface area (Å²) in [5, 5.41) is 8.84. The molecule has 1 aromatic heterocycles. The van der Waals surface area contributed by atoms with Crippen molar-refractivity contribution >= 4 is 27.7 Å². The van der Waals surface area contributed by atoms with Gasteiger partial charge in [0.15, 0.2) is 0 Å². The first-order valence-electron chi connectivity index (χ1n) is 4.43. The molecule has 0 aliphatic heterocycles. The Morgan fingerprint density at radius 3 is 2.47 bits per heavy atom. The zero-order chi connectivity index (χ0) is 11.8. The van der Waals surface area contributed by atoms with Crippen LogP contribution in [0.3, 0.4) is 0 Å². The maximum absolute atomic E-state index is 10.8. The highest BCUT2D eigenvalue weighted by molar-refractivity contribution is 9.10. The SMILES string of the molecule is CC(C)(C)c1nc(N)c(C(=O)O)cc1Br. The summed E-state index contributed by atoms with van der Waals surface area (Å²) in [7, 11) is 0. The number of aromatic carboxylic acids is 1. The standard InChI is InChI=1S/C10H13BrN2O2/c1-10(2,3)7-6(11)4-5(9(14)15)8(12)13-7/h4H,1-3H3,(H2,12,13)(H,14,15). The molecule has 1 rings (SSSR count). The molecule has 1 heterocycles. The molecule has 0 spiro atoms. The van der Waals surface area contributed by atoms with Gasteiger partial charge in [0.05, 0.1) is 5.69 Å². The molecule has 0 radical (unpaired) electrons. The van der Waals surface area contributed by atoms with Gasteiger partial charge in [-0.15, -0.1) is 0 Å². The van der Waals surface area contributed by atoms with Crippen molar-refractivity contribution in [2.45, 2.75) is 26.2 Å². The van der Waals surface area contributed by atoms with Gasteiger partial charge in [0.1, 0.15) is 11.4 Å². The molecule has 1 aromatic rings. The Morgan fingerprint density at radius 2 is 2.07 bits per heavy atom. The van der Waals surface area contributed by atoms with Crippen molar-refractivity contribution < 1.29 is 9.90 Å². The quantitative estimate of drug-likeness (QED) is 0.823. The van der Waals surface area contributed by atoms with Crippen molar-refractivity contribution in [1.82, 2.24) is 4.98 Å². The third kappa shape index (κ3) is 2.47. The summed E-state index contributed by atoms with van der Waals surface area (Å²) >= 11 is 3.30. The van der Waals surface area contributed by atoms with Gasteiger partial charge < -0.3 is 10.8 Å². The Balaban J connectivity index is 3.39. The highest BCUT2D eigenvalue weighted by Crippen LogP contribution is 2.30. The lowest BCUT2D eigenvalue weighted by molar-refractivity contribution is 0.0697. The predicted molar refractivity (Wildman–Crippen MR) is 62.0 cm³/mol. The first-order chi connectivity index (χ1) is 6.73. The molecule has 0 bridgehead atoms. The lowest BCUT2D eigenvalue weighted by Crippen LogP contribution is -2.17. The number of nitrogen functional groups attached to an aromatic ring is 1. The summed E-state index contributed by atoms with van der Waals surface area (Å²) in [6.07, 6.45) is 0. The fraction of sp³-hybridized carbons (Fsp3) is 0.400. The summed E-state index contributed by atoms with van der Waals surface area (Å²) in [5.41, 5.74) is 6.18. The van der Waals surface area contributed by atoms with Gasteiger partial charge in [-0.1, -0.05) is 20.8 Å². The number of anilines is 1. The van der Waals surface area contributed by atoms with Crippen LogP contribution in [0.5, 0.6) is 0 Å². The van der Waals surface area contributed by atoms with Crippen molar-refractivity contribution in [1.29, 1.82) is 0 Å². The van der Waals surface area contributed by atoms with Crippen LogP contribution >= 0.6 is 15.9 Å². The average molecular weight is 273 g/mol.